The van der Waals surface area contributed by atoms with Crippen molar-refractivity contribution in [2.45, 2.75) is 58.8 Å². The van der Waals surface area contributed by atoms with Crippen LogP contribution >= 0.6 is 0 Å². The maximum absolute atomic E-state index is 5.82. The average Bonchev–Trinajstić information content (AvgIpc) is 4.13. The number of fused-ring (bicyclic) bond motifs is 7. The lowest BCUT2D eigenvalue weighted by Crippen LogP contribution is -2.19. The van der Waals surface area contributed by atoms with Crippen molar-refractivity contribution in [2.24, 2.45) is 0 Å². The molecule has 0 amide bonds. The third-order valence-corrected chi connectivity index (χ3v) is 15.5. The number of pyridine rings is 2. The summed E-state index contributed by atoms with van der Waals surface area (Å²) >= 11 is 0. The normalized spacial score (nSPS) is 12.2. The van der Waals surface area contributed by atoms with Gasteiger partial charge in [0.25, 0.3) is 0 Å². The lowest BCUT2D eigenvalue weighted by molar-refractivity contribution is 0.639. The zero-order chi connectivity index (χ0) is 50.2. The van der Waals surface area contributed by atoms with Crippen LogP contribution in [0.4, 0.5) is 0 Å². The molecule has 0 saturated heterocycles. The Morgan fingerprint density at radius 3 is 1.86 bits per heavy atom. The molecule has 0 aliphatic rings. The van der Waals surface area contributed by atoms with Crippen LogP contribution < -0.4 is 0 Å². The summed E-state index contributed by atoms with van der Waals surface area (Å²) in [4.78, 5) is 19.3. The summed E-state index contributed by atoms with van der Waals surface area (Å²) in [6.07, 6.45) is 5.74. The van der Waals surface area contributed by atoms with E-state index in [9.17, 15) is 0 Å². The standard InChI is InChI=1S/C68H56N6/c1-42(2)56-40-59-53-29-26-47(37-61(53)74(62(59)41-57(56)43(3)4)64-39-50(32-35-70-64)68(5,6)49-18-11-8-12-19-49)58-36-48(46-30-33-69-34-31-46)38-63-66(58)72-67(55-22-15-21-54-52-20-13-14-23-60(52)71-65(54)55)73(63)51-27-24-45(25-28-51)44-16-9-7-10-17-44/h7-43,71H,1-6H3. The first-order valence-electron chi connectivity index (χ1n) is 25.9. The topological polar surface area (TPSA) is 64.3 Å². The molecule has 8 aromatic carbocycles. The Hall–Kier alpha value is -8.87. The predicted octanol–water partition coefficient (Wildman–Crippen LogP) is 17.8. The van der Waals surface area contributed by atoms with Gasteiger partial charge in [-0.3, -0.25) is 14.1 Å². The lowest BCUT2D eigenvalue weighted by atomic mass is 9.78. The van der Waals surface area contributed by atoms with E-state index in [1.54, 1.807) is 0 Å². The SMILES string of the molecule is CC(C)c1cc2c3ccc(-c4cc(-c5ccncc5)cc5c4nc(-c4cccc6c4[nH]c4ccccc46)n5-c4ccc(-c5ccccc5)cc4)cc3n(-c3cc(C(C)(C)c4ccccc4)ccn3)c2cc1C(C)C. The molecule has 0 spiro atoms. The van der Waals surface area contributed by atoms with Crippen molar-refractivity contribution >= 4 is 54.6 Å². The van der Waals surface area contributed by atoms with Gasteiger partial charge in [-0.05, 0) is 141 Å². The molecule has 13 rings (SSSR count). The van der Waals surface area contributed by atoms with E-state index in [0.717, 1.165) is 89.2 Å². The molecule has 5 heterocycles. The van der Waals surface area contributed by atoms with Gasteiger partial charge in [0.15, 0.2) is 0 Å². The lowest BCUT2D eigenvalue weighted by Gasteiger charge is -2.26. The number of rotatable bonds is 10. The van der Waals surface area contributed by atoms with E-state index in [1.165, 1.54) is 44.0 Å². The number of imidazole rings is 1. The summed E-state index contributed by atoms with van der Waals surface area (Å²) in [6.45, 7) is 13.9. The molecule has 0 unspecified atom stereocenters. The molecule has 0 radical (unpaired) electrons. The maximum Gasteiger partial charge on any atom is 0.147 e. The molecule has 13 aromatic rings. The van der Waals surface area contributed by atoms with Crippen molar-refractivity contribution in [3.05, 3.63) is 235 Å². The van der Waals surface area contributed by atoms with Crippen LogP contribution in [0.1, 0.15) is 75.6 Å². The third kappa shape index (κ3) is 7.43. The Kier molecular flexibility index (Phi) is 10.8. The molecule has 0 aliphatic carbocycles. The van der Waals surface area contributed by atoms with Gasteiger partial charge in [-0.25, -0.2) is 9.97 Å². The first kappa shape index (κ1) is 45.0. The van der Waals surface area contributed by atoms with E-state index in [-0.39, 0.29) is 5.41 Å². The molecule has 0 fully saturated rings. The van der Waals surface area contributed by atoms with Crippen LogP contribution in [0.3, 0.4) is 0 Å². The van der Waals surface area contributed by atoms with Crippen LogP contribution in [-0.2, 0) is 5.41 Å². The maximum atomic E-state index is 5.82. The summed E-state index contributed by atoms with van der Waals surface area (Å²) in [5.74, 6) is 2.45. The summed E-state index contributed by atoms with van der Waals surface area (Å²) in [5, 5.41) is 4.76. The Morgan fingerprint density at radius 1 is 0.446 bits per heavy atom. The fourth-order valence-electron chi connectivity index (χ4n) is 11.5. The van der Waals surface area contributed by atoms with Crippen molar-refractivity contribution in [2.75, 3.05) is 0 Å². The Bertz CT molecular complexity index is 4250. The monoisotopic (exact) mass is 956 g/mol. The number of hydrogen-bond acceptors (Lipinski definition) is 3. The zero-order valence-electron chi connectivity index (χ0n) is 42.6. The third-order valence-electron chi connectivity index (χ3n) is 15.5. The molecule has 5 aromatic heterocycles. The minimum atomic E-state index is -0.259. The van der Waals surface area contributed by atoms with E-state index in [1.807, 2.05) is 18.6 Å². The van der Waals surface area contributed by atoms with Gasteiger partial charge in [-0.2, -0.15) is 0 Å². The van der Waals surface area contributed by atoms with E-state index in [0.29, 0.717) is 11.8 Å². The highest BCUT2D eigenvalue weighted by atomic mass is 15.1. The van der Waals surface area contributed by atoms with Crippen molar-refractivity contribution in [3.8, 4) is 56.3 Å². The fraction of sp³-hybridized carbons (Fsp3) is 0.132. The highest BCUT2D eigenvalue weighted by Crippen LogP contribution is 2.44. The zero-order valence-corrected chi connectivity index (χ0v) is 42.6. The van der Waals surface area contributed by atoms with Gasteiger partial charge in [-0.15, -0.1) is 0 Å². The Morgan fingerprint density at radius 2 is 1.09 bits per heavy atom. The van der Waals surface area contributed by atoms with Crippen molar-refractivity contribution in [3.63, 3.8) is 0 Å². The molecule has 1 N–H and O–H groups in total. The highest BCUT2D eigenvalue weighted by Gasteiger charge is 2.27. The molecular weight excluding hydrogens is 901 g/mol. The summed E-state index contributed by atoms with van der Waals surface area (Å²) < 4.78 is 4.77. The fourth-order valence-corrected chi connectivity index (χ4v) is 11.5. The average molecular weight is 957 g/mol. The number of benzene rings is 8. The molecule has 0 aliphatic heterocycles. The highest BCUT2D eigenvalue weighted by molar-refractivity contribution is 6.13. The van der Waals surface area contributed by atoms with E-state index < -0.39 is 0 Å². The number of nitrogens with one attached hydrogen (secondary N) is 1. The number of nitrogens with zero attached hydrogens (tertiary/aromatic N) is 5. The number of H-pyrrole nitrogens is 1. The van der Waals surface area contributed by atoms with E-state index >= 15 is 0 Å². The largest absolute Gasteiger partial charge is 0.354 e. The summed E-state index contributed by atoms with van der Waals surface area (Å²) in [6, 6.07) is 70.6. The number of para-hydroxylation sites is 2. The second-order valence-electron chi connectivity index (χ2n) is 21.0. The smallest absolute Gasteiger partial charge is 0.147 e. The number of aromatic amines is 1. The van der Waals surface area contributed by atoms with Gasteiger partial charge in [0.1, 0.15) is 11.6 Å². The molecule has 74 heavy (non-hydrogen) atoms. The second-order valence-corrected chi connectivity index (χ2v) is 21.0. The molecule has 6 nitrogen and oxygen atoms in total. The van der Waals surface area contributed by atoms with Gasteiger partial charge < -0.3 is 4.98 Å². The van der Waals surface area contributed by atoms with E-state index in [2.05, 4.69) is 255 Å². The van der Waals surface area contributed by atoms with Gasteiger partial charge >= 0.3 is 0 Å². The molecule has 0 saturated carbocycles. The van der Waals surface area contributed by atoms with Gasteiger partial charge in [-0.1, -0.05) is 157 Å². The minimum absolute atomic E-state index is 0.259. The van der Waals surface area contributed by atoms with Crippen LogP contribution in [-0.4, -0.2) is 29.1 Å². The molecular formula is C68H56N6. The first-order chi connectivity index (χ1) is 36.1. The van der Waals surface area contributed by atoms with E-state index in [4.69, 9.17) is 9.97 Å². The Balaban J connectivity index is 1.10. The summed E-state index contributed by atoms with van der Waals surface area (Å²) in [5.41, 5.74) is 19.9. The van der Waals surface area contributed by atoms with Gasteiger partial charge in [0.05, 0.1) is 27.6 Å². The molecule has 0 atom stereocenters. The molecule has 6 heteroatoms. The van der Waals surface area contributed by atoms with Crippen LogP contribution in [0.2, 0.25) is 0 Å². The van der Waals surface area contributed by atoms with Crippen LogP contribution in [0.25, 0.3) is 111 Å². The molecule has 358 valence electrons. The van der Waals surface area contributed by atoms with Crippen LogP contribution in [0.5, 0.6) is 0 Å². The van der Waals surface area contributed by atoms with Gasteiger partial charge in [0.2, 0.25) is 0 Å². The number of hydrogen-bond donors (Lipinski definition) is 1. The van der Waals surface area contributed by atoms with Crippen molar-refractivity contribution in [1.82, 2.24) is 29.1 Å². The minimum Gasteiger partial charge on any atom is -0.354 e. The number of aromatic nitrogens is 6. The van der Waals surface area contributed by atoms with Crippen LogP contribution in [0.15, 0.2) is 213 Å². The first-order valence-corrected chi connectivity index (χ1v) is 25.9. The Labute approximate surface area is 431 Å². The predicted molar refractivity (Wildman–Crippen MR) is 309 cm³/mol. The molecule has 0 bridgehead atoms. The summed E-state index contributed by atoms with van der Waals surface area (Å²) in [7, 11) is 0. The second kappa shape index (κ2) is 17.7. The van der Waals surface area contributed by atoms with Crippen molar-refractivity contribution < 1.29 is 0 Å². The van der Waals surface area contributed by atoms with Crippen molar-refractivity contribution in [1.29, 1.82) is 0 Å². The van der Waals surface area contributed by atoms with Gasteiger partial charge in [0, 0.05) is 67.9 Å². The quantitative estimate of drug-likeness (QED) is 0.149. The van der Waals surface area contributed by atoms with Crippen LogP contribution in [0, 0.1) is 0 Å².